The molecule has 10 nitrogen and oxygen atoms in total. The smallest absolute Gasteiger partial charge is 0.328 e. The van der Waals surface area contributed by atoms with Crippen LogP contribution in [-0.4, -0.2) is 40.2 Å². The van der Waals surface area contributed by atoms with Crippen LogP contribution in [0.2, 0.25) is 0 Å². The van der Waals surface area contributed by atoms with E-state index in [1.165, 1.54) is 30.9 Å². The molecular weight excluding hydrogens is 504 g/mol. The van der Waals surface area contributed by atoms with Gasteiger partial charge in [0.15, 0.2) is 22.7 Å². The molecule has 4 aromatic rings. The van der Waals surface area contributed by atoms with Crippen molar-refractivity contribution in [1.82, 2.24) is 28.7 Å². The number of hydrogen-bond donors (Lipinski definition) is 0. The second-order valence-corrected chi connectivity index (χ2v) is 8.14. The largest absolute Gasteiger partial charge is 0.332 e. The van der Waals surface area contributed by atoms with Gasteiger partial charge in [-0.15, -0.1) is 0 Å². The predicted molar refractivity (Wildman–Crippen MR) is 130 cm³/mol. The second-order valence-electron chi connectivity index (χ2n) is 7.58. The quantitative estimate of drug-likeness (QED) is 0.288. The normalized spacial score (nSPS) is 10.6. The van der Waals surface area contributed by atoms with E-state index in [0.717, 1.165) is 15.6 Å². The van der Waals surface area contributed by atoms with Crippen molar-refractivity contribution in [1.29, 1.82) is 0 Å². The number of aromatic nitrogens is 6. The van der Waals surface area contributed by atoms with Crippen molar-refractivity contribution in [3.63, 3.8) is 0 Å². The number of rotatable bonds is 5. The van der Waals surface area contributed by atoms with E-state index in [1.54, 1.807) is 43.1 Å². The van der Waals surface area contributed by atoms with Gasteiger partial charge in [0, 0.05) is 42.9 Å². The lowest BCUT2D eigenvalue weighted by molar-refractivity contribution is 0.100. The molecule has 0 unspecified atom stereocenters. The summed E-state index contributed by atoms with van der Waals surface area (Å²) >= 11 is 3.27. The highest BCUT2D eigenvalue weighted by atomic mass is 79.9. The maximum absolute atomic E-state index is 12.6. The fourth-order valence-corrected chi connectivity index (χ4v) is 3.47. The Bertz CT molecular complexity index is 1470. The Labute approximate surface area is 203 Å². The van der Waals surface area contributed by atoms with Gasteiger partial charge in [-0.25, -0.2) is 9.78 Å². The molecule has 4 rings (SSSR count). The Morgan fingerprint density at radius 2 is 1.44 bits per heavy atom. The van der Waals surface area contributed by atoms with Crippen LogP contribution in [0, 0.1) is 0 Å². The van der Waals surface area contributed by atoms with Crippen molar-refractivity contribution < 1.29 is 9.59 Å². The number of carbonyl (C=O) groups excluding carboxylic acids is 2. The van der Waals surface area contributed by atoms with E-state index in [-0.39, 0.29) is 18.1 Å². The van der Waals surface area contributed by atoms with E-state index < -0.39 is 11.2 Å². The highest BCUT2D eigenvalue weighted by molar-refractivity contribution is 9.08. The van der Waals surface area contributed by atoms with E-state index >= 15 is 0 Å². The lowest BCUT2D eigenvalue weighted by atomic mass is 10.2. The molecule has 0 bridgehead atoms. The molecule has 0 saturated heterocycles. The number of aryl methyl sites for hydroxylation is 2. The Kier molecular flexibility index (Phi) is 7.67. The molecule has 0 N–H and O–H groups in total. The Morgan fingerprint density at radius 1 is 0.882 bits per heavy atom. The topological polar surface area (TPSA) is 122 Å². The van der Waals surface area contributed by atoms with Crippen LogP contribution >= 0.6 is 15.9 Å². The molecule has 0 fully saturated rings. The van der Waals surface area contributed by atoms with Crippen LogP contribution in [0.15, 0.2) is 52.6 Å². The van der Waals surface area contributed by atoms with Crippen molar-refractivity contribution in [2.24, 2.45) is 14.1 Å². The number of pyridine rings is 2. The highest BCUT2D eigenvalue weighted by Gasteiger charge is 2.15. The Morgan fingerprint density at radius 3 is 1.91 bits per heavy atom. The zero-order valence-electron chi connectivity index (χ0n) is 19.1. The van der Waals surface area contributed by atoms with Crippen molar-refractivity contribution in [3.8, 4) is 0 Å². The van der Waals surface area contributed by atoms with Gasteiger partial charge >= 0.3 is 5.69 Å². The highest BCUT2D eigenvalue weighted by Crippen LogP contribution is 2.06. The van der Waals surface area contributed by atoms with Crippen LogP contribution < -0.4 is 11.2 Å². The summed E-state index contributed by atoms with van der Waals surface area (Å²) in [6.07, 6.45) is 4.53. The van der Waals surface area contributed by atoms with Gasteiger partial charge in [-0.1, -0.05) is 15.9 Å². The first-order chi connectivity index (χ1) is 16.1. The molecule has 4 heterocycles. The van der Waals surface area contributed by atoms with E-state index in [4.69, 9.17) is 0 Å². The minimum Gasteiger partial charge on any atom is -0.328 e. The first kappa shape index (κ1) is 24.9. The molecule has 11 heteroatoms. The molecule has 0 aliphatic carbocycles. The lowest BCUT2D eigenvalue weighted by Crippen LogP contribution is -2.40. The van der Waals surface area contributed by atoms with Crippen LogP contribution in [0.5, 0.6) is 0 Å². The van der Waals surface area contributed by atoms with Gasteiger partial charge in [0.2, 0.25) is 0 Å². The SMILES string of the molecule is CC(=O)c1ccc(CBr)nc1.CC(=O)c1ccc(Cn2c(=O)c3c(ncn3C)n(C)c2=O)nc1. The standard InChI is InChI=1S/C15H15N5O3.C8H8BrNO/c1-9(21)10-4-5-11(16-6-10)7-20-14(22)12-13(17-8-18(12)2)19(3)15(20)23;1-6(11)7-2-3-8(4-9)10-5-7/h4-6,8H,7H2,1-3H3;2-3,5H,4H2,1H3. The molecule has 0 saturated carbocycles. The molecule has 0 aliphatic heterocycles. The fraction of sp³-hybridized carbons (Fsp3) is 0.261. The summed E-state index contributed by atoms with van der Waals surface area (Å²) in [5.41, 5.74) is 2.43. The van der Waals surface area contributed by atoms with E-state index in [2.05, 4.69) is 30.9 Å². The molecule has 34 heavy (non-hydrogen) atoms. The van der Waals surface area contributed by atoms with Gasteiger partial charge < -0.3 is 4.57 Å². The molecule has 176 valence electrons. The second kappa shape index (κ2) is 10.5. The van der Waals surface area contributed by atoms with Crippen LogP contribution in [0.3, 0.4) is 0 Å². The molecule has 0 aromatic carbocycles. The summed E-state index contributed by atoms with van der Waals surface area (Å²) in [6.45, 7) is 3.02. The van der Waals surface area contributed by atoms with Crippen LogP contribution in [0.1, 0.15) is 46.0 Å². The van der Waals surface area contributed by atoms with Gasteiger partial charge in [0.25, 0.3) is 5.56 Å². The Balaban J connectivity index is 0.000000248. The summed E-state index contributed by atoms with van der Waals surface area (Å²) in [5.74, 6) is -0.0351. The van der Waals surface area contributed by atoms with Crippen LogP contribution in [0.4, 0.5) is 0 Å². The average molecular weight is 527 g/mol. The molecule has 0 amide bonds. The number of halogens is 1. The van der Waals surface area contributed by atoms with Crippen molar-refractivity contribution in [2.75, 3.05) is 0 Å². The summed E-state index contributed by atoms with van der Waals surface area (Å²) in [4.78, 5) is 59.3. The number of fused-ring (bicyclic) bond motifs is 1. The summed E-state index contributed by atoms with van der Waals surface area (Å²) in [6, 6.07) is 6.89. The maximum atomic E-state index is 12.6. The third-order valence-electron chi connectivity index (χ3n) is 5.12. The minimum absolute atomic E-state index is 0.0326. The van der Waals surface area contributed by atoms with Crippen LogP contribution in [-0.2, 0) is 26.0 Å². The van der Waals surface area contributed by atoms with Gasteiger partial charge in [-0.2, -0.15) is 0 Å². The third kappa shape index (κ3) is 5.25. The fourth-order valence-electron chi connectivity index (χ4n) is 3.14. The number of hydrogen-bond acceptors (Lipinski definition) is 7. The number of imidazole rings is 1. The molecule has 0 aliphatic rings. The lowest BCUT2D eigenvalue weighted by Gasteiger charge is -2.08. The van der Waals surface area contributed by atoms with Gasteiger partial charge in [0.05, 0.1) is 24.3 Å². The van der Waals surface area contributed by atoms with Gasteiger partial charge in [-0.3, -0.25) is 33.5 Å². The predicted octanol–water partition coefficient (Wildman–Crippen LogP) is 2.26. The molecule has 0 spiro atoms. The Hall–Kier alpha value is -3.73. The van der Waals surface area contributed by atoms with Crippen molar-refractivity contribution in [2.45, 2.75) is 25.7 Å². The number of Topliss-reactive ketones (excluding diaryl/α,β-unsaturated/α-hetero) is 2. The van der Waals surface area contributed by atoms with Gasteiger partial charge in [0.1, 0.15) is 0 Å². The van der Waals surface area contributed by atoms with E-state index in [0.29, 0.717) is 28.0 Å². The first-order valence-electron chi connectivity index (χ1n) is 10.2. The maximum Gasteiger partial charge on any atom is 0.332 e. The minimum atomic E-state index is -0.460. The van der Waals surface area contributed by atoms with Gasteiger partial charge in [-0.05, 0) is 38.1 Å². The zero-order valence-corrected chi connectivity index (χ0v) is 20.7. The van der Waals surface area contributed by atoms with Crippen LogP contribution in [0.25, 0.3) is 11.2 Å². The third-order valence-corrected chi connectivity index (χ3v) is 5.70. The monoisotopic (exact) mass is 526 g/mol. The van der Waals surface area contributed by atoms with Crippen molar-refractivity contribution >= 4 is 38.7 Å². The average Bonchev–Trinajstić information content (AvgIpc) is 3.22. The molecule has 0 radical (unpaired) electrons. The zero-order chi connectivity index (χ0) is 25.0. The number of carbonyl (C=O) groups is 2. The van der Waals surface area contributed by atoms with E-state index in [9.17, 15) is 19.2 Å². The summed E-state index contributed by atoms with van der Waals surface area (Å²) < 4.78 is 4.03. The number of nitrogens with zero attached hydrogens (tertiary/aromatic N) is 6. The summed E-state index contributed by atoms with van der Waals surface area (Å²) in [7, 11) is 3.27. The molecule has 4 aromatic heterocycles. The van der Waals surface area contributed by atoms with Crippen molar-refractivity contribution in [3.05, 3.63) is 86.3 Å². The molecular formula is C23H23BrN6O4. The number of alkyl halides is 1. The number of ketones is 2. The molecule has 0 atom stereocenters. The summed E-state index contributed by atoms with van der Waals surface area (Å²) in [5, 5.41) is 0.727. The first-order valence-corrected chi connectivity index (χ1v) is 11.3. The van der Waals surface area contributed by atoms with E-state index in [1.807, 2.05) is 6.07 Å².